The number of alkyl halides is 3. The highest BCUT2D eigenvalue weighted by atomic mass is 35.5. The Morgan fingerprint density at radius 3 is 2.85 bits per heavy atom. The summed E-state index contributed by atoms with van der Waals surface area (Å²) in [4.78, 5) is 12.4. The Hall–Kier alpha value is -2.26. The van der Waals surface area contributed by atoms with Crippen LogP contribution in [0.25, 0.3) is 0 Å². The number of H-pyrrole nitrogens is 1. The molecule has 0 spiro atoms. The maximum absolute atomic E-state index is 12.4. The van der Waals surface area contributed by atoms with Gasteiger partial charge in [-0.2, -0.15) is 18.3 Å². The lowest BCUT2D eigenvalue weighted by molar-refractivity contribution is -0.153. The molecule has 2 heterocycles. The molecule has 142 valence electrons. The number of halogens is 4. The number of carbonyl (C=O) groups excluding carboxylic acids is 1. The van der Waals surface area contributed by atoms with E-state index in [-0.39, 0.29) is 24.1 Å². The number of anilines is 1. The Labute approximate surface area is 153 Å². The molecule has 2 aromatic rings. The molecule has 1 aromatic heterocycles. The van der Waals surface area contributed by atoms with Crippen molar-refractivity contribution in [2.75, 3.05) is 18.5 Å². The highest BCUT2D eigenvalue weighted by Crippen LogP contribution is 2.25. The van der Waals surface area contributed by atoms with Crippen LogP contribution in [0.5, 0.6) is 5.75 Å². The third-order valence-electron chi connectivity index (χ3n) is 3.85. The van der Waals surface area contributed by atoms with Crippen LogP contribution in [0, 0.1) is 6.92 Å². The van der Waals surface area contributed by atoms with Crippen LogP contribution in [0.4, 0.5) is 18.9 Å². The number of carbonyl (C=O) groups is 1. The van der Waals surface area contributed by atoms with E-state index >= 15 is 0 Å². The number of hydrogen-bond acceptors (Lipinski definition) is 4. The van der Waals surface area contributed by atoms with Crippen molar-refractivity contribution in [3.05, 3.63) is 40.7 Å². The SMILES string of the molecule is Cc1cc(NC(=O)c2n[nH]c3c2CNCC3)ccc1OCC(F)(F)F.Cl. The third kappa shape index (κ3) is 4.67. The Morgan fingerprint density at radius 1 is 1.38 bits per heavy atom. The highest BCUT2D eigenvalue weighted by molar-refractivity contribution is 6.04. The van der Waals surface area contributed by atoms with E-state index in [4.69, 9.17) is 4.74 Å². The van der Waals surface area contributed by atoms with Crippen LogP contribution in [0.15, 0.2) is 18.2 Å². The maximum Gasteiger partial charge on any atom is 0.422 e. The highest BCUT2D eigenvalue weighted by Gasteiger charge is 2.28. The van der Waals surface area contributed by atoms with Gasteiger partial charge in [0.05, 0.1) is 0 Å². The molecule has 3 rings (SSSR count). The van der Waals surface area contributed by atoms with Crippen LogP contribution < -0.4 is 15.4 Å². The molecule has 10 heteroatoms. The van der Waals surface area contributed by atoms with E-state index < -0.39 is 12.8 Å². The molecule has 1 aliphatic heterocycles. The first-order chi connectivity index (χ1) is 11.8. The largest absolute Gasteiger partial charge is 0.484 e. The fraction of sp³-hybridized carbons (Fsp3) is 0.375. The van der Waals surface area contributed by atoms with Gasteiger partial charge in [0, 0.05) is 36.5 Å². The number of aryl methyl sites for hydroxylation is 1. The summed E-state index contributed by atoms with van der Waals surface area (Å²) >= 11 is 0. The average molecular weight is 391 g/mol. The van der Waals surface area contributed by atoms with Crippen molar-refractivity contribution < 1.29 is 22.7 Å². The monoisotopic (exact) mass is 390 g/mol. The molecular formula is C16H18ClF3N4O2. The van der Waals surface area contributed by atoms with Crippen LogP contribution in [0.3, 0.4) is 0 Å². The van der Waals surface area contributed by atoms with Gasteiger partial charge in [0.15, 0.2) is 12.3 Å². The topological polar surface area (TPSA) is 79.0 Å². The van der Waals surface area contributed by atoms with Crippen LogP contribution in [0.2, 0.25) is 0 Å². The zero-order valence-corrected chi connectivity index (χ0v) is 14.7. The van der Waals surface area contributed by atoms with Crippen LogP contribution >= 0.6 is 12.4 Å². The molecule has 0 unspecified atom stereocenters. The lowest BCUT2D eigenvalue weighted by Crippen LogP contribution is -2.25. The lowest BCUT2D eigenvalue weighted by Gasteiger charge is -2.14. The molecule has 0 saturated heterocycles. The average Bonchev–Trinajstić information content (AvgIpc) is 2.97. The number of rotatable bonds is 4. The molecule has 0 aliphatic carbocycles. The number of nitrogens with zero attached hydrogens (tertiary/aromatic N) is 1. The quantitative estimate of drug-likeness (QED) is 0.750. The van der Waals surface area contributed by atoms with Crippen molar-refractivity contribution in [1.82, 2.24) is 15.5 Å². The van der Waals surface area contributed by atoms with Crippen molar-refractivity contribution in [1.29, 1.82) is 0 Å². The summed E-state index contributed by atoms with van der Waals surface area (Å²) in [6.45, 7) is 1.65. The van der Waals surface area contributed by atoms with Gasteiger partial charge < -0.3 is 15.4 Å². The molecule has 1 amide bonds. The summed E-state index contributed by atoms with van der Waals surface area (Å²) in [6.07, 6.45) is -3.62. The van der Waals surface area contributed by atoms with Gasteiger partial charge in [-0.1, -0.05) is 0 Å². The first kappa shape index (κ1) is 20.1. The maximum atomic E-state index is 12.4. The van der Waals surface area contributed by atoms with E-state index in [0.29, 0.717) is 23.5 Å². The van der Waals surface area contributed by atoms with E-state index in [9.17, 15) is 18.0 Å². The fourth-order valence-corrected chi connectivity index (χ4v) is 2.65. The fourth-order valence-electron chi connectivity index (χ4n) is 2.65. The van der Waals surface area contributed by atoms with Gasteiger partial charge in [-0.15, -0.1) is 12.4 Å². The molecule has 0 fully saturated rings. The van der Waals surface area contributed by atoms with Gasteiger partial charge in [0.25, 0.3) is 5.91 Å². The molecular weight excluding hydrogens is 373 g/mol. The number of benzene rings is 1. The number of amides is 1. The number of aromatic amines is 1. The Bertz CT molecular complexity index is 792. The summed E-state index contributed by atoms with van der Waals surface area (Å²) in [6, 6.07) is 4.45. The lowest BCUT2D eigenvalue weighted by atomic mass is 10.1. The van der Waals surface area contributed by atoms with E-state index in [1.165, 1.54) is 12.1 Å². The van der Waals surface area contributed by atoms with Gasteiger partial charge >= 0.3 is 6.18 Å². The summed E-state index contributed by atoms with van der Waals surface area (Å²) < 4.78 is 41.4. The van der Waals surface area contributed by atoms with Gasteiger partial charge in [-0.25, -0.2) is 0 Å². The second kappa shape index (κ2) is 7.96. The van der Waals surface area contributed by atoms with E-state index in [1.807, 2.05) is 0 Å². The van der Waals surface area contributed by atoms with Crippen molar-refractivity contribution in [3.63, 3.8) is 0 Å². The molecule has 0 saturated carbocycles. The van der Waals surface area contributed by atoms with E-state index in [0.717, 1.165) is 24.2 Å². The van der Waals surface area contributed by atoms with Crippen molar-refractivity contribution in [3.8, 4) is 5.75 Å². The minimum absolute atomic E-state index is 0. The Kier molecular flexibility index (Phi) is 6.14. The first-order valence-corrected chi connectivity index (χ1v) is 7.72. The molecule has 0 radical (unpaired) electrons. The van der Waals surface area contributed by atoms with Gasteiger partial charge in [0.1, 0.15) is 5.75 Å². The molecule has 1 aromatic carbocycles. The molecule has 6 nitrogen and oxygen atoms in total. The summed E-state index contributed by atoms with van der Waals surface area (Å²) in [7, 11) is 0. The van der Waals surface area contributed by atoms with Gasteiger partial charge in [0.2, 0.25) is 0 Å². The van der Waals surface area contributed by atoms with Gasteiger partial charge in [-0.05, 0) is 30.7 Å². The van der Waals surface area contributed by atoms with Crippen molar-refractivity contribution >= 4 is 24.0 Å². The third-order valence-corrected chi connectivity index (χ3v) is 3.85. The molecule has 0 bridgehead atoms. The summed E-state index contributed by atoms with van der Waals surface area (Å²) in [5.41, 5.74) is 3.05. The van der Waals surface area contributed by atoms with Crippen molar-refractivity contribution in [2.45, 2.75) is 26.1 Å². The smallest absolute Gasteiger partial charge is 0.422 e. The second-order valence-corrected chi connectivity index (χ2v) is 5.79. The predicted molar refractivity (Wildman–Crippen MR) is 91.9 cm³/mol. The van der Waals surface area contributed by atoms with E-state index in [2.05, 4.69) is 20.8 Å². The number of ether oxygens (including phenoxy) is 1. The number of fused-ring (bicyclic) bond motifs is 1. The van der Waals surface area contributed by atoms with Gasteiger partial charge in [-0.3, -0.25) is 9.89 Å². The Balaban J connectivity index is 0.00000243. The molecule has 1 aliphatic rings. The van der Waals surface area contributed by atoms with Crippen LogP contribution in [-0.2, 0) is 13.0 Å². The Morgan fingerprint density at radius 2 is 2.15 bits per heavy atom. The minimum atomic E-state index is -4.40. The van der Waals surface area contributed by atoms with Crippen LogP contribution in [-0.4, -0.2) is 35.4 Å². The second-order valence-electron chi connectivity index (χ2n) is 5.79. The van der Waals surface area contributed by atoms with Crippen molar-refractivity contribution in [2.24, 2.45) is 0 Å². The first-order valence-electron chi connectivity index (χ1n) is 7.72. The van der Waals surface area contributed by atoms with Crippen LogP contribution in [0.1, 0.15) is 27.3 Å². The zero-order chi connectivity index (χ0) is 18.0. The minimum Gasteiger partial charge on any atom is -0.484 e. The standard InChI is InChI=1S/C16H17F3N4O2.ClH/c1-9-6-10(2-3-13(9)25-8-16(17,18)19)21-15(24)14-11-7-20-5-4-12(11)22-23-14;/h2-3,6,20H,4-5,7-8H2,1H3,(H,21,24)(H,22,23);1H. The summed E-state index contributed by atoms with van der Waals surface area (Å²) in [5.74, 6) is -0.249. The molecule has 0 atom stereocenters. The summed E-state index contributed by atoms with van der Waals surface area (Å²) in [5, 5.41) is 12.8. The number of hydrogen-bond donors (Lipinski definition) is 3. The molecule has 3 N–H and O–H groups in total. The normalized spacial score (nSPS) is 13.5. The molecule has 26 heavy (non-hydrogen) atoms. The number of aromatic nitrogens is 2. The zero-order valence-electron chi connectivity index (χ0n) is 13.9. The number of nitrogens with one attached hydrogen (secondary N) is 3. The predicted octanol–water partition coefficient (Wildman–Crippen LogP) is 2.98. The van der Waals surface area contributed by atoms with E-state index in [1.54, 1.807) is 13.0 Å².